The maximum atomic E-state index is 5.47. The van der Waals surface area contributed by atoms with Gasteiger partial charge in [-0.1, -0.05) is 13.8 Å². The predicted molar refractivity (Wildman–Crippen MR) is 45.2 cm³/mol. The molecule has 0 spiro atoms. The molecule has 1 heterocycles. The number of hydrogen-bond acceptors (Lipinski definition) is 2. The second-order valence-corrected chi connectivity index (χ2v) is 4.10. The van der Waals surface area contributed by atoms with Crippen molar-refractivity contribution in [3.63, 3.8) is 0 Å². The maximum Gasteiger partial charge on any atom is 0.489 e. The van der Waals surface area contributed by atoms with Crippen molar-refractivity contribution in [1.82, 2.24) is 0 Å². The van der Waals surface area contributed by atoms with E-state index in [4.69, 9.17) is 9.31 Å². The van der Waals surface area contributed by atoms with Gasteiger partial charge in [0.15, 0.2) is 0 Å². The van der Waals surface area contributed by atoms with E-state index in [9.17, 15) is 0 Å². The zero-order valence-corrected chi connectivity index (χ0v) is 7.97. The quantitative estimate of drug-likeness (QED) is 0.537. The van der Waals surface area contributed by atoms with Gasteiger partial charge in [-0.3, -0.25) is 0 Å². The van der Waals surface area contributed by atoms with E-state index in [2.05, 4.69) is 34.6 Å². The molecule has 0 aromatic carbocycles. The molecule has 63 valence electrons. The van der Waals surface area contributed by atoms with Gasteiger partial charge in [-0.2, -0.15) is 0 Å². The highest BCUT2D eigenvalue weighted by atomic mass is 16.7. The summed E-state index contributed by atoms with van der Waals surface area (Å²) in [5.74, 6) is 0.455. The third-order valence-corrected chi connectivity index (χ3v) is 2.93. The second kappa shape index (κ2) is 2.49. The first kappa shape index (κ1) is 9.08. The highest BCUT2D eigenvalue weighted by Gasteiger charge is 2.50. The van der Waals surface area contributed by atoms with Gasteiger partial charge < -0.3 is 9.31 Å². The molecule has 0 aromatic rings. The lowest BCUT2D eigenvalue weighted by molar-refractivity contribution is -0.0434. The molecule has 1 fully saturated rings. The molecule has 1 atom stereocenters. The van der Waals surface area contributed by atoms with Crippen LogP contribution in [0.25, 0.3) is 0 Å². The van der Waals surface area contributed by atoms with E-state index in [-0.39, 0.29) is 11.2 Å². The van der Waals surface area contributed by atoms with Gasteiger partial charge in [0.1, 0.15) is 0 Å². The van der Waals surface area contributed by atoms with Crippen molar-refractivity contribution in [2.45, 2.75) is 45.8 Å². The molecule has 0 aromatic heterocycles. The molecule has 1 unspecified atom stereocenters. The fourth-order valence-corrected chi connectivity index (χ4v) is 1.33. The van der Waals surface area contributed by atoms with E-state index >= 15 is 0 Å². The Kier molecular flexibility index (Phi) is 2.06. The van der Waals surface area contributed by atoms with Gasteiger partial charge in [0.25, 0.3) is 0 Å². The SMILES string of the molecule is CC(C)C1(C)O[B]OC1(C)C. The van der Waals surface area contributed by atoms with E-state index in [1.54, 1.807) is 0 Å². The monoisotopic (exact) mass is 155 g/mol. The third-order valence-electron chi connectivity index (χ3n) is 2.93. The maximum absolute atomic E-state index is 5.47. The van der Waals surface area contributed by atoms with Gasteiger partial charge in [-0.15, -0.1) is 0 Å². The van der Waals surface area contributed by atoms with E-state index in [0.717, 1.165) is 0 Å². The molecule has 1 aliphatic rings. The summed E-state index contributed by atoms with van der Waals surface area (Å²) in [6, 6.07) is 0. The van der Waals surface area contributed by atoms with Crippen molar-refractivity contribution in [3.8, 4) is 0 Å². The molecule has 0 amide bonds. The van der Waals surface area contributed by atoms with Crippen molar-refractivity contribution in [2.75, 3.05) is 0 Å². The number of hydrogen-bond donors (Lipinski definition) is 0. The minimum absolute atomic E-state index is 0.187. The van der Waals surface area contributed by atoms with Crippen molar-refractivity contribution in [1.29, 1.82) is 0 Å². The summed E-state index contributed by atoms with van der Waals surface area (Å²) in [6.45, 7) is 10.5. The van der Waals surface area contributed by atoms with Crippen LogP contribution in [0.15, 0.2) is 0 Å². The Balaban J connectivity index is 2.84. The van der Waals surface area contributed by atoms with E-state index in [1.807, 2.05) is 0 Å². The van der Waals surface area contributed by atoms with Crippen LogP contribution in [-0.2, 0) is 9.31 Å². The van der Waals surface area contributed by atoms with Crippen molar-refractivity contribution < 1.29 is 9.31 Å². The van der Waals surface area contributed by atoms with Crippen LogP contribution in [0, 0.1) is 5.92 Å². The summed E-state index contributed by atoms with van der Waals surface area (Å²) in [4.78, 5) is 0. The Labute approximate surface area is 69.6 Å². The van der Waals surface area contributed by atoms with Gasteiger partial charge in [0.2, 0.25) is 0 Å². The standard InChI is InChI=1S/C8H16BO2/c1-6(2)8(5)7(3,4)10-9-11-8/h6H,1-5H3. The summed E-state index contributed by atoms with van der Waals surface area (Å²) in [5.41, 5.74) is -0.395. The van der Waals surface area contributed by atoms with Crippen LogP contribution in [0.1, 0.15) is 34.6 Å². The Morgan fingerprint density at radius 3 is 1.82 bits per heavy atom. The van der Waals surface area contributed by atoms with Gasteiger partial charge in [0, 0.05) is 0 Å². The van der Waals surface area contributed by atoms with Crippen molar-refractivity contribution in [3.05, 3.63) is 0 Å². The summed E-state index contributed by atoms with van der Waals surface area (Å²) < 4.78 is 10.8. The molecule has 0 bridgehead atoms. The fraction of sp³-hybridized carbons (Fsp3) is 1.00. The first-order chi connectivity index (χ1) is 4.90. The Morgan fingerprint density at radius 2 is 1.64 bits per heavy atom. The van der Waals surface area contributed by atoms with Gasteiger partial charge >= 0.3 is 7.69 Å². The lowest BCUT2D eigenvalue weighted by Gasteiger charge is -2.39. The van der Waals surface area contributed by atoms with Crippen LogP contribution in [0.2, 0.25) is 0 Å². The summed E-state index contributed by atoms with van der Waals surface area (Å²) >= 11 is 0. The number of rotatable bonds is 1. The molecule has 2 nitrogen and oxygen atoms in total. The molecule has 1 aliphatic heterocycles. The van der Waals surface area contributed by atoms with Crippen LogP contribution in [0.5, 0.6) is 0 Å². The highest BCUT2D eigenvalue weighted by molar-refractivity contribution is 6.19. The van der Waals surface area contributed by atoms with E-state index in [1.165, 1.54) is 7.69 Å². The Morgan fingerprint density at radius 1 is 1.09 bits per heavy atom. The first-order valence-corrected chi connectivity index (χ1v) is 4.07. The topological polar surface area (TPSA) is 18.5 Å². The molecule has 1 rings (SSSR count). The average Bonchev–Trinajstić information content (AvgIpc) is 2.09. The molecular weight excluding hydrogens is 139 g/mol. The predicted octanol–water partition coefficient (Wildman–Crippen LogP) is 1.76. The minimum atomic E-state index is -0.207. The zero-order chi connectivity index (χ0) is 8.70. The molecule has 11 heavy (non-hydrogen) atoms. The average molecular weight is 155 g/mol. The smallest absolute Gasteiger partial charge is 0.405 e. The highest BCUT2D eigenvalue weighted by Crippen LogP contribution is 2.39. The zero-order valence-electron chi connectivity index (χ0n) is 7.97. The van der Waals surface area contributed by atoms with Gasteiger partial charge in [-0.05, 0) is 26.7 Å². The van der Waals surface area contributed by atoms with Crippen molar-refractivity contribution >= 4 is 7.69 Å². The molecule has 0 N–H and O–H groups in total. The van der Waals surface area contributed by atoms with Crippen LogP contribution >= 0.6 is 0 Å². The molecular formula is C8H16BO2. The summed E-state index contributed by atoms with van der Waals surface area (Å²) in [7, 11) is 1.46. The molecule has 3 heteroatoms. The largest absolute Gasteiger partial charge is 0.489 e. The third kappa shape index (κ3) is 1.21. The lowest BCUT2D eigenvalue weighted by atomic mass is 9.79. The molecule has 1 radical (unpaired) electrons. The van der Waals surface area contributed by atoms with Crippen molar-refractivity contribution in [2.24, 2.45) is 5.92 Å². The lowest BCUT2D eigenvalue weighted by Crippen LogP contribution is -2.48. The summed E-state index contributed by atoms with van der Waals surface area (Å²) in [6.07, 6.45) is 0. The van der Waals surface area contributed by atoms with Crippen LogP contribution in [-0.4, -0.2) is 18.9 Å². The van der Waals surface area contributed by atoms with E-state index in [0.29, 0.717) is 5.92 Å². The first-order valence-electron chi connectivity index (χ1n) is 4.07. The molecule has 0 saturated carbocycles. The summed E-state index contributed by atoms with van der Waals surface area (Å²) in [5, 5.41) is 0. The normalized spacial score (nSPS) is 35.8. The van der Waals surface area contributed by atoms with Crippen LogP contribution in [0.4, 0.5) is 0 Å². The van der Waals surface area contributed by atoms with E-state index < -0.39 is 0 Å². The van der Waals surface area contributed by atoms with Gasteiger partial charge in [0.05, 0.1) is 11.2 Å². The van der Waals surface area contributed by atoms with Crippen LogP contribution < -0.4 is 0 Å². The van der Waals surface area contributed by atoms with Crippen LogP contribution in [0.3, 0.4) is 0 Å². The Bertz CT molecular complexity index is 156. The second-order valence-electron chi connectivity index (χ2n) is 4.10. The minimum Gasteiger partial charge on any atom is -0.405 e. The van der Waals surface area contributed by atoms with Gasteiger partial charge in [-0.25, -0.2) is 0 Å². The Hall–Kier alpha value is -0.0151. The molecule has 0 aliphatic carbocycles. The molecule has 1 saturated heterocycles. The fourth-order valence-electron chi connectivity index (χ4n) is 1.33.